The molecule has 1 aliphatic heterocycles. The Balaban J connectivity index is 1.28. The molecular formula is C92H160N4. The van der Waals surface area contributed by atoms with Crippen molar-refractivity contribution in [3.05, 3.63) is 92.7 Å². The molecule has 0 radical (unpaired) electrons. The van der Waals surface area contributed by atoms with Crippen molar-refractivity contribution in [1.29, 1.82) is 0 Å². The highest BCUT2D eigenvalue weighted by Gasteiger charge is 2.16. The maximum atomic E-state index is 4.16. The summed E-state index contributed by atoms with van der Waals surface area (Å²) in [5, 5.41) is 5.22. The van der Waals surface area contributed by atoms with Gasteiger partial charge < -0.3 is 19.9 Å². The Morgan fingerprint density at radius 2 is 0.271 bits per heavy atom. The SMILES string of the molecule is CCCCCCCCCCCCCCCCCCC1=c2ccc([nH]2)=C(CCCCCCCCCCCCCCCCCC)c2ccc([nH]2)C(CCCCCCCCCCCCCCCCCC)=c2ccc([nH]2)=C(CCCCCCCCCCCCCCCCCC)c2ccc1[nH]2. The zero-order valence-electron chi connectivity index (χ0n) is 64.7. The molecule has 0 amide bonds. The van der Waals surface area contributed by atoms with E-state index in [4.69, 9.17) is 0 Å². The Hall–Kier alpha value is -3.40. The number of hydrogen-bond acceptors (Lipinski definition) is 0. The molecule has 4 aromatic heterocycles. The number of H-pyrrole nitrogens is 4. The van der Waals surface area contributed by atoms with Gasteiger partial charge in [-0.1, -0.05) is 413 Å². The molecule has 4 aromatic rings. The van der Waals surface area contributed by atoms with Gasteiger partial charge in [-0.3, -0.25) is 0 Å². The van der Waals surface area contributed by atoms with E-state index in [2.05, 4.69) is 96.2 Å². The highest BCUT2D eigenvalue weighted by Crippen LogP contribution is 2.28. The number of aromatic nitrogens is 4. The lowest BCUT2D eigenvalue weighted by atomic mass is 10.0. The molecule has 4 heteroatoms. The molecule has 0 atom stereocenters. The Morgan fingerprint density at radius 1 is 0.146 bits per heavy atom. The molecule has 548 valence electrons. The van der Waals surface area contributed by atoms with Gasteiger partial charge in [0.2, 0.25) is 0 Å². The monoisotopic (exact) mass is 1320 g/mol. The van der Waals surface area contributed by atoms with Crippen molar-refractivity contribution < 1.29 is 0 Å². The minimum absolute atomic E-state index is 1.10. The van der Waals surface area contributed by atoms with Gasteiger partial charge >= 0.3 is 0 Å². The van der Waals surface area contributed by atoms with Gasteiger partial charge in [-0.25, -0.2) is 0 Å². The molecule has 96 heavy (non-hydrogen) atoms. The molecule has 0 aliphatic carbocycles. The number of unbranched alkanes of at least 4 members (excludes halogenated alkanes) is 60. The molecule has 1 aliphatic rings. The first-order chi connectivity index (χ1) is 47.7. The standard InChI is InChI=1S/C92H160N4/c1-5-9-13-17-21-25-29-33-37-41-45-49-53-57-61-65-69-81-85-73-75-87(93-85)82(70-66-62-58-54-50-46-42-38-34-30-26-22-18-14-10-6-2)89-77-79-91(95-89)84(72-68-64-60-56-52-48-44-40-36-32-28-24-20-16-12-8-4)92-80-78-90(96-92)83(88-76-74-86(81)94-88)71-67-63-59-55-51-47-43-39-35-31-27-23-19-15-11-7-3/h73-80,93-96H,5-72H2,1-4H3. The summed E-state index contributed by atoms with van der Waals surface area (Å²) in [5.41, 5.74) is 11.1. The smallest absolute Gasteiger partial charge is 0.0438 e. The first kappa shape index (κ1) is 83.3. The summed E-state index contributed by atoms with van der Waals surface area (Å²) in [4.78, 5) is 16.6. The summed E-state index contributed by atoms with van der Waals surface area (Å²) in [6.45, 7) is 9.30. The van der Waals surface area contributed by atoms with Crippen LogP contribution in [0.25, 0.3) is 22.3 Å². The van der Waals surface area contributed by atoms with E-state index in [-0.39, 0.29) is 0 Å². The van der Waals surface area contributed by atoms with Gasteiger partial charge in [-0.05, 0) is 122 Å². The second kappa shape index (κ2) is 59.3. The van der Waals surface area contributed by atoms with Crippen LogP contribution < -0.4 is 21.4 Å². The number of aromatic amines is 4. The van der Waals surface area contributed by atoms with E-state index in [1.807, 2.05) is 0 Å². The van der Waals surface area contributed by atoms with Gasteiger partial charge in [0.25, 0.3) is 0 Å². The van der Waals surface area contributed by atoms with Gasteiger partial charge in [0, 0.05) is 44.2 Å². The summed E-state index contributed by atoms with van der Waals surface area (Å²) in [7, 11) is 0. The normalized spacial score (nSPS) is 12.6. The molecule has 5 rings (SSSR count). The molecule has 0 unspecified atom stereocenters. The fourth-order valence-electron chi connectivity index (χ4n) is 16.0. The Kier molecular flexibility index (Phi) is 51.4. The van der Waals surface area contributed by atoms with Crippen LogP contribution in [0.2, 0.25) is 0 Å². The lowest BCUT2D eigenvalue weighted by Crippen LogP contribution is -2.18. The summed E-state index contributed by atoms with van der Waals surface area (Å²) in [5.74, 6) is 0. The van der Waals surface area contributed by atoms with Gasteiger partial charge in [-0.2, -0.15) is 0 Å². The lowest BCUT2D eigenvalue weighted by molar-refractivity contribution is 0.530. The van der Waals surface area contributed by atoms with Crippen LogP contribution in [0.3, 0.4) is 0 Å². The predicted molar refractivity (Wildman–Crippen MR) is 428 cm³/mol. The van der Waals surface area contributed by atoms with E-state index in [0.717, 1.165) is 25.7 Å². The van der Waals surface area contributed by atoms with E-state index < -0.39 is 0 Å². The second-order valence-corrected chi connectivity index (χ2v) is 31.3. The largest absolute Gasteiger partial charge is 0.355 e. The molecule has 0 spiro atoms. The Morgan fingerprint density at radius 3 is 0.406 bits per heavy atom. The molecule has 0 saturated carbocycles. The first-order valence-corrected chi connectivity index (χ1v) is 43.9. The zero-order chi connectivity index (χ0) is 67.5. The van der Waals surface area contributed by atoms with Crippen LogP contribution in [-0.4, -0.2) is 19.9 Å². The van der Waals surface area contributed by atoms with Crippen molar-refractivity contribution in [1.82, 2.24) is 19.9 Å². The quantitative estimate of drug-likeness (QED) is 0.0319. The van der Waals surface area contributed by atoms with Crippen LogP contribution in [0.1, 0.15) is 487 Å². The molecule has 5 heterocycles. The third-order valence-electron chi connectivity index (χ3n) is 22.5. The molecule has 0 saturated heterocycles. The summed E-state index contributed by atoms with van der Waals surface area (Å²) < 4.78 is 0. The third-order valence-corrected chi connectivity index (χ3v) is 22.5. The number of rotatable bonds is 68. The maximum absolute atomic E-state index is 4.16. The molecule has 8 bridgehead atoms. The fraction of sp³-hybridized carbons (Fsp3) is 0.783. The maximum Gasteiger partial charge on any atom is 0.0438 e. The molecular weight excluding hydrogens is 1160 g/mol. The van der Waals surface area contributed by atoms with E-state index in [0.29, 0.717) is 0 Å². The number of nitrogens with one attached hydrogen (secondary N) is 4. The summed E-state index contributed by atoms with van der Waals surface area (Å²) in [6.07, 6.45) is 94.2. The van der Waals surface area contributed by atoms with Crippen LogP contribution in [0, 0.1) is 0 Å². The van der Waals surface area contributed by atoms with Crippen LogP contribution in [-0.2, 0) is 0 Å². The van der Waals surface area contributed by atoms with Crippen molar-refractivity contribution in [2.24, 2.45) is 0 Å². The number of hydrogen-bond donors (Lipinski definition) is 4. The zero-order valence-corrected chi connectivity index (χ0v) is 64.7. The average Bonchev–Trinajstić information content (AvgIpc) is 1.65. The molecule has 0 aromatic carbocycles. The summed E-state index contributed by atoms with van der Waals surface area (Å²) in [6, 6.07) is 19.6. The molecule has 4 N–H and O–H groups in total. The third kappa shape index (κ3) is 39.0. The van der Waals surface area contributed by atoms with Crippen molar-refractivity contribution in [2.45, 2.75) is 464 Å². The highest BCUT2D eigenvalue weighted by molar-refractivity contribution is 5.71. The van der Waals surface area contributed by atoms with E-state index >= 15 is 0 Å². The summed E-state index contributed by atoms with van der Waals surface area (Å²) >= 11 is 0. The fourth-order valence-corrected chi connectivity index (χ4v) is 16.0. The molecule has 4 nitrogen and oxygen atoms in total. The van der Waals surface area contributed by atoms with Crippen molar-refractivity contribution >= 4 is 22.3 Å². The van der Waals surface area contributed by atoms with Gasteiger partial charge in [0.1, 0.15) is 0 Å². The Labute approximate surface area is 595 Å². The van der Waals surface area contributed by atoms with Crippen LogP contribution >= 0.6 is 0 Å². The van der Waals surface area contributed by atoms with Gasteiger partial charge in [-0.15, -0.1) is 0 Å². The Bertz CT molecular complexity index is 2280. The van der Waals surface area contributed by atoms with E-state index in [9.17, 15) is 0 Å². The topological polar surface area (TPSA) is 63.2 Å². The highest BCUT2D eigenvalue weighted by atomic mass is 14.8. The van der Waals surface area contributed by atoms with Crippen molar-refractivity contribution in [2.75, 3.05) is 0 Å². The predicted octanol–water partition coefficient (Wildman–Crippen LogP) is 28.7. The second-order valence-electron chi connectivity index (χ2n) is 31.3. The number of fused-ring (bicyclic) bond motifs is 8. The minimum Gasteiger partial charge on any atom is -0.355 e. The lowest BCUT2D eigenvalue weighted by Gasteiger charge is -2.10. The molecule has 0 fully saturated rings. The first-order valence-electron chi connectivity index (χ1n) is 43.9. The minimum atomic E-state index is 1.10. The van der Waals surface area contributed by atoms with Gasteiger partial charge in [0.15, 0.2) is 0 Å². The van der Waals surface area contributed by atoms with Gasteiger partial charge in [0.05, 0.1) is 0 Å². The average molecular weight is 1320 g/mol. The van der Waals surface area contributed by atoms with Crippen molar-refractivity contribution in [3.63, 3.8) is 0 Å². The van der Waals surface area contributed by atoms with Crippen LogP contribution in [0.5, 0.6) is 0 Å². The van der Waals surface area contributed by atoms with E-state index in [1.54, 1.807) is 0 Å². The van der Waals surface area contributed by atoms with Crippen LogP contribution in [0.4, 0.5) is 0 Å². The van der Waals surface area contributed by atoms with Crippen molar-refractivity contribution in [3.8, 4) is 0 Å². The van der Waals surface area contributed by atoms with E-state index in [1.165, 1.54) is 477 Å². The van der Waals surface area contributed by atoms with Crippen LogP contribution in [0.15, 0.2) is 48.5 Å².